The molecule has 2 aromatic carbocycles. The monoisotopic (exact) mass is 304 g/mol. The van der Waals surface area contributed by atoms with Gasteiger partial charge in [-0.25, -0.2) is 4.39 Å². The van der Waals surface area contributed by atoms with E-state index in [1.54, 1.807) is 24.3 Å². The normalized spacial score (nSPS) is 10.2. The molecule has 0 N–H and O–H groups in total. The van der Waals surface area contributed by atoms with Crippen molar-refractivity contribution in [1.82, 2.24) is 0 Å². The molecule has 5 heteroatoms. The molecular weight excluding hydrogens is 287 g/mol. The summed E-state index contributed by atoms with van der Waals surface area (Å²) in [6, 6.07) is 9.55. The predicted octanol–water partition coefficient (Wildman–Crippen LogP) is 3.62. The van der Waals surface area contributed by atoms with Gasteiger partial charge in [0.1, 0.15) is 18.1 Å². The molecule has 0 saturated carbocycles. The maximum Gasteiger partial charge on any atom is 0.165 e. The lowest BCUT2D eigenvalue weighted by Crippen LogP contribution is -2.02. The third-order valence-corrected chi connectivity index (χ3v) is 3.18. The highest BCUT2D eigenvalue weighted by Crippen LogP contribution is 2.26. The van der Waals surface area contributed by atoms with Gasteiger partial charge < -0.3 is 14.2 Å². The molecule has 0 aliphatic heterocycles. The van der Waals surface area contributed by atoms with E-state index in [2.05, 4.69) is 0 Å². The van der Waals surface area contributed by atoms with Crippen LogP contribution in [0.3, 0.4) is 0 Å². The minimum atomic E-state index is -0.457. The largest absolute Gasteiger partial charge is 0.497 e. The van der Waals surface area contributed by atoms with Crippen molar-refractivity contribution in [2.45, 2.75) is 13.5 Å². The molecular formula is C17H17FO4. The number of hydrogen-bond acceptors (Lipinski definition) is 4. The topological polar surface area (TPSA) is 44.8 Å². The number of carbonyl (C=O) groups is 1. The van der Waals surface area contributed by atoms with Crippen LogP contribution >= 0.6 is 0 Å². The van der Waals surface area contributed by atoms with Crippen molar-refractivity contribution in [3.8, 4) is 17.2 Å². The second kappa shape index (κ2) is 6.93. The Labute approximate surface area is 128 Å². The fraction of sp³-hybridized carbons (Fsp3) is 0.235. The highest BCUT2D eigenvalue weighted by molar-refractivity contribution is 5.97. The standard InChI is InChI=1S/C17H17FO4/c1-11(19)14-6-5-13(20-2)9-17(14)22-10-12-4-7-16(21-3)15(18)8-12/h4-9H,10H2,1-3H3. The van der Waals surface area contributed by atoms with Crippen molar-refractivity contribution >= 4 is 5.78 Å². The molecule has 0 bridgehead atoms. The van der Waals surface area contributed by atoms with Gasteiger partial charge in [-0.2, -0.15) is 0 Å². The van der Waals surface area contributed by atoms with Crippen LogP contribution < -0.4 is 14.2 Å². The number of carbonyl (C=O) groups excluding carboxylic acids is 1. The molecule has 22 heavy (non-hydrogen) atoms. The Hall–Kier alpha value is -2.56. The zero-order chi connectivity index (χ0) is 16.1. The van der Waals surface area contributed by atoms with Crippen molar-refractivity contribution in [1.29, 1.82) is 0 Å². The molecule has 0 radical (unpaired) electrons. The van der Waals surface area contributed by atoms with Crippen LogP contribution in [0.2, 0.25) is 0 Å². The summed E-state index contributed by atoms with van der Waals surface area (Å²) in [5, 5.41) is 0. The van der Waals surface area contributed by atoms with Crippen LogP contribution in [0.1, 0.15) is 22.8 Å². The number of benzene rings is 2. The van der Waals surface area contributed by atoms with E-state index in [1.165, 1.54) is 33.3 Å². The van der Waals surface area contributed by atoms with Crippen LogP contribution in [0, 0.1) is 5.82 Å². The van der Waals surface area contributed by atoms with Gasteiger partial charge in [0.05, 0.1) is 19.8 Å². The minimum Gasteiger partial charge on any atom is -0.497 e. The third kappa shape index (κ3) is 3.55. The van der Waals surface area contributed by atoms with Crippen molar-refractivity contribution in [2.75, 3.05) is 14.2 Å². The van der Waals surface area contributed by atoms with E-state index in [-0.39, 0.29) is 18.1 Å². The van der Waals surface area contributed by atoms with E-state index < -0.39 is 5.82 Å². The number of ether oxygens (including phenoxy) is 3. The smallest absolute Gasteiger partial charge is 0.165 e. The molecule has 2 rings (SSSR count). The Morgan fingerprint density at radius 3 is 2.41 bits per heavy atom. The van der Waals surface area contributed by atoms with Crippen molar-refractivity contribution in [3.05, 3.63) is 53.3 Å². The van der Waals surface area contributed by atoms with E-state index in [1.807, 2.05) is 0 Å². The average molecular weight is 304 g/mol. The summed E-state index contributed by atoms with van der Waals surface area (Å²) >= 11 is 0. The van der Waals surface area contributed by atoms with Crippen LogP contribution in [-0.4, -0.2) is 20.0 Å². The van der Waals surface area contributed by atoms with Crippen molar-refractivity contribution in [3.63, 3.8) is 0 Å². The van der Waals surface area contributed by atoms with E-state index in [0.29, 0.717) is 22.6 Å². The Morgan fingerprint density at radius 1 is 1.05 bits per heavy atom. The van der Waals surface area contributed by atoms with Crippen molar-refractivity contribution in [2.24, 2.45) is 0 Å². The summed E-state index contributed by atoms with van der Waals surface area (Å²) in [7, 11) is 2.94. The molecule has 0 aromatic heterocycles. The van der Waals surface area contributed by atoms with Crippen LogP contribution in [0.5, 0.6) is 17.2 Å². The predicted molar refractivity (Wildman–Crippen MR) is 80.3 cm³/mol. The van der Waals surface area contributed by atoms with Crippen LogP contribution in [0.15, 0.2) is 36.4 Å². The number of methoxy groups -OCH3 is 2. The van der Waals surface area contributed by atoms with E-state index >= 15 is 0 Å². The molecule has 0 heterocycles. The molecule has 0 aliphatic carbocycles. The van der Waals surface area contributed by atoms with E-state index in [9.17, 15) is 9.18 Å². The molecule has 0 unspecified atom stereocenters. The molecule has 116 valence electrons. The van der Waals surface area contributed by atoms with Gasteiger partial charge in [0.25, 0.3) is 0 Å². The Kier molecular flexibility index (Phi) is 4.99. The Bertz CT molecular complexity index is 682. The van der Waals surface area contributed by atoms with Crippen molar-refractivity contribution < 1.29 is 23.4 Å². The highest BCUT2D eigenvalue weighted by atomic mass is 19.1. The van der Waals surface area contributed by atoms with Gasteiger partial charge in [-0.15, -0.1) is 0 Å². The number of hydrogen-bond donors (Lipinski definition) is 0. The molecule has 0 aliphatic rings. The second-order valence-electron chi connectivity index (χ2n) is 4.68. The van der Waals surface area contributed by atoms with E-state index in [4.69, 9.17) is 14.2 Å². The van der Waals surface area contributed by atoms with Gasteiger partial charge in [-0.3, -0.25) is 4.79 Å². The lowest BCUT2D eigenvalue weighted by atomic mass is 10.1. The maximum absolute atomic E-state index is 13.6. The molecule has 0 amide bonds. The molecule has 0 saturated heterocycles. The van der Waals surface area contributed by atoms with Gasteiger partial charge >= 0.3 is 0 Å². The van der Waals surface area contributed by atoms with Crippen LogP contribution in [0.25, 0.3) is 0 Å². The zero-order valence-corrected chi connectivity index (χ0v) is 12.7. The summed E-state index contributed by atoms with van der Waals surface area (Å²) in [6.07, 6.45) is 0. The Balaban J connectivity index is 2.20. The van der Waals surface area contributed by atoms with Gasteiger partial charge in [0.2, 0.25) is 0 Å². The number of ketones is 1. The molecule has 0 fully saturated rings. The average Bonchev–Trinajstić information content (AvgIpc) is 2.52. The first-order chi connectivity index (χ1) is 10.5. The molecule has 0 atom stereocenters. The van der Waals surface area contributed by atoms with Gasteiger partial charge in [0, 0.05) is 6.07 Å². The summed E-state index contributed by atoms with van der Waals surface area (Å²) < 4.78 is 29.3. The quantitative estimate of drug-likeness (QED) is 0.765. The summed E-state index contributed by atoms with van der Waals surface area (Å²) in [6.45, 7) is 1.59. The third-order valence-electron chi connectivity index (χ3n) is 3.18. The summed E-state index contributed by atoms with van der Waals surface area (Å²) in [4.78, 5) is 11.6. The Morgan fingerprint density at radius 2 is 1.82 bits per heavy atom. The fourth-order valence-corrected chi connectivity index (χ4v) is 2.00. The first-order valence-corrected chi connectivity index (χ1v) is 6.69. The maximum atomic E-state index is 13.6. The molecule has 2 aromatic rings. The van der Waals surface area contributed by atoms with Gasteiger partial charge in [0.15, 0.2) is 17.3 Å². The summed E-state index contributed by atoms with van der Waals surface area (Å²) in [5.74, 6) is 0.596. The summed E-state index contributed by atoms with van der Waals surface area (Å²) in [5.41, 5.74) is 1.09. The van der Waals surface area contributed by atoms with Crippen LogP contribution in [0.4, 0.5) is 4.39 Å². The second-order valence-corrected chi connectivity index (χ2v) is 4.68. The van der Waals surface area contributed by atoms with E-state index in [0.717, 1.165) is 0 Å². The lowest BCUT2D eigenvalue weighted by molar-refractivity contribution is 0.101. The SMILES string of the molecule is COc1ccc(C(C)=O)c(OCc2ccc(OC)c(F)c2)c1. The zero-order valence-electron chi connectivity index (χ0n) is 12.7. The number of rotatable bonds is 6. The van der Waals surface area contributed by atoms with Gasteiger partial charge in [-0.1, -0.05) is 6.07 Å². The first kappa shape index (κ1) is 15.8. The highest BCUT2D eigenvalue weighted by Gasteiger charge is 2.11. The molecule has 4 nitrogen and oxygen atoms in total. The minimum absolute atomic E-state index is 0.112. The first-order valence-electron chi connectivity index (χ1n) is 6.69. The number of halogens is 1. The number of Topliss-reactive ketones (excluding diaryl/α,β-unsaturated/α-hetero) is 1. The van der Waals surface area contributed by atoms with Gasteiger partial charge in [-0.05, 0) is 36.8 Å². The molecule has 0 spiro atoms. The fourth-order valence-electron chi connectivity index (χ4n) is 2.00. The van der Waals surface area contributed by atoms with Crippen LogP contribution in [-0.2, 0) is 6.61 Å². The lowest BCUT2D eigenvalue weighted by Gasteiger charge is -2.12.